The molecule has 24 rings (SSSR count). The van der Waals surface area contributed by atoms with Crippen molar-refractivity contribution in [2.24, 2.45) is 0 Å². The molecule has 0 unspecified atom stereocenters. The zero-order chi connectivity index (χ0) is 91.3. The molecule has 16 heteroatoms. The van der Waals surface area contributed by atoms with Gasteiger partial charge in [0.2, 0.25) is 0 Å². The second kappa shape index (κ2) is 46.1. The Morgan fingerprint density at radius 3 is 1.33 bits per heavy atom. The Morgan fingerprint density at radius 1 is 0.348 bits per heavy atom. The van der Waals surface area contributed by atoms with Gasteiger partial charge in [-0.3, -0.25) is 18.4 Å². The van der Waals surface area contributed by atoms with E-state index >= 15 is 0 Å². The molecule has 0 N–H and O–H groups in total. The summed E-state index contributed by atoms with van der Waals surface area (Å²) < 4.78 is 8.24. The van der Waals surface area contributed by atoms with E-state index in [0.29, 0.717) is 17.4 Å². The van der Waals surface area contributed by atoms with Gasteiger partial charge in [-0.1, -0.05) is 303 Å². The average molecular weight is 2320 g/mol. The molecule has 22 aromatic rings. The molecule has 0 spiro atoms. The number of ether oxygens (including phenoxy) is 1. The van der Waals surface area contributed by atoms with Crippen molar-refractivity contribution in [1.82, 2.24) is 49.7 Å². The Morgan fingerprint density at radius 2 is 0.783 bits per heavy atom. The molecule has 138 heavy (non-hydrogen) atoms. The van der Waals surface area contributed by atoms with Gasteiger partial charge in [-0.05, 0) is 162 Å². The van der Waals surface area contributed by atoms with Crippen LogP contribution in [0.1, 0.15) is 27.8 Å². The summed E-state index contributed by atoms with van der Waals surface area (Å²) in [6.07, 6.45) is 26.0. The van der Waals surface area contributed by atoms with Crippen LogP contribution in [0.25, 0.3) is 135 Å². The molecular formula is C122H81Au3N12O. The molecule has 15 aromatic carbocycles. The zero-order valence-corrected chi connectivity index (χ0v) is 80.5. The van der Waals surface area contributed by atoms with Gasteiger partial charge < -0.3 is 62.1 Å². The van der Waals surface area contributed by atoms with Gasteiger partial charge in [-0.25, -0.2) is 26.7 Å². The number of imidazole rings is 2. The number of nitrogens with zero attached hydrogens (tertiary/aromatic N) is 12. The van der Waals surface area contributed by atoms with Crippen LogP contribution in [0.15, 0.2) is 456 Å². The average Bonchev–Trinajstić information content (AvgIpc) is 1.58. The van der Waals surface area contributed by atoms with E-state index in [9.17, 15) is 0 Å². The third-order valence-electron chi connectivity index (χ3n) is 22.8. The van der Waals surface area contributed by atoms with E-state index in [1.165, 1.54) is 49.9 Å². The van der Waals surface area contributed by atoms with Crippen LogP contribution < -0.4 is 29.6 Å². The van der Waals surface area contributed by atoms with Crippen molar-refractivity contribution < 1.29 is 71.9 Å². The number of hydrogen-bond donors (Lipinski definition) is 0. The van der Waals surface area contributed by atoms with Gasteiger partial charge in [0, 0.05) is 35.5 Å². The van der Waals surface area contributed by atoms with Gasteiger partial charge in [0.1, 0.15) is 11.6 Å². The number of para-hydroxylation sites is 4. The maximum absolute atomic E-state index is 6.69. The van der Waals surface area contributed by atoms with Crippen molar-refractivity contribution in [3.63, 3.8) is 0 Å². The van der Waals surface area contributed by atoms with Gasteiger partial charge in [-0.15, -0.1) is 126 Å². The molecule has 0 saturated carbocycles. The molecule has 0 saturated heterocycles. The zero-order valence-electron chi connectivity index (χ0n) is 74.0. The van der Waals surface area contributed by atoms with Crippen LogP contribution >= 0.6 is 0 Å². The van der Waals surface area contributed by atoms with Crippen molar-refractivity contribution in [2.45, 2.75) is 12.8 Å². The molecule has 668 valence electrons. The fourth-order valence-electron chi connectivity index (χ4n) is 16.1. The van der Waals surface area contributed by atoms with Gasteiger partial charge in [-0.2, -0.15) is 22.3 Å². The van der Waals surface area contributed by atoms with E-state index in [1.54, 1.807) is 12.3 Å². The van der Waals surface area contributed by atoms with E-state index in [1.807, 2.05) is 237 Å². The number of aryl methyl sites for hydroxylation is 2. The Bertz CT molecular complexity index is 7720. The summed E-state index contributed by atoms with van der Waals surface area (Å²) in [5.41, 5.74) is 27.3. The number of rotatable bonds is 13. The van der Waals surface area contributed by atoms with Crippen LogP contribution in [-0.4, -0.2) is 34.6 Å². The molecule has 2 aliphatic rings. The number of hydrogen-bond acceptors (Lipinski definition) is 9. The molecule has 0 atom stereocenters. The van der Waals surface area contributed by atoms with Crippen LogP contribution in [0.3, 0.4) is 0 Å². The normalized spacial score (nSPS) is 11.0. The first-order chi connectivity index (χ1) is 66.8. The fourth-order valence-corrected chi connectivity index (χ4v) is 16.1. The SMILES string of the molecule is [Au+3].[Au+3].[Au+3].[C-]#Cc1ccccc1.[C-]#Cc1ccccc1.[CH-]=Cc1ccccc1.[c-]1c(-c2cc(-c3ccc(-c4ccccc4)cc3)n[n-]2)cccc1N1c2ccccc2CCc2cccnc21.[c-]1c(-c2nc(-c3ccc(-c4ccccc4)cc3)c[n-]2)ccc2c3ccccc3n(-c3ccccn3)c12.[c-]1c(-c2nc(-c3ccc(-c4ccccc4)cc3)c[n-]2)cccc1N1c2ccccc2Oc2cccnc21. The number of aromatic nitrogens is 10. The van der Waals surface area contributed by atoms with Gasteiger partial charge in [0.05, 0.1) is 5.69 Å². The predicted molar refractivity (Wildman–Crippen MR) is 543 cm³/mol. The van der Waals surface area contributed by atoms with Gasteiger partial charge >= 0.3 is 67.1 Å². The first-order valence-corrected chi connectivity index (χ1v) is 44.1. The standard InChI is InChI=1S/C34H24N4.C32H20N4O.C32H20N4.C8H7.2C8H5.3Au/c1-2-8-24(9-3-1)25-15-17-26(18-16-25)31-23-32(37-36-31)29-11-6-13-30(22-29)38-33-14-5-4-10-27(33)19-20-28-12-7-21-35-34(28)38;1-2-8-22(9-3-1)23-15-17-24(18-16-23)27-21-34-31(35-27)25-10-6-11-26(20-25)36-28-12-4-5-13-29(28)37-30-14-7-19-33-32(30)36;1-2-8-22(9-3-1)23-13-15-24(16-14-23)28-21-34-32(35-28)25-17-18-27-26-10-4-5-11-29(26)36(30(27)20-25)31-12-6-7-19-33-31;3*1-2-8-6-4-3-5-7-8;;;/h1-18,21,23H,19-20H2;1-19,21H;1-19,21H;1-7H;2*3-7H;;;/q3*-2;3*-1;3*+3. The Hall–Kier alpha value is -16.3. The summed E-state index contributed by atoms with van der Waals surface area (Å²) in [5.74, 6) is 9.86. The van der Waals surface area contributed by atoms with E-state index in [4.69, 9.17) is 39.1 Å². The van der Waals surface area contributed by atoms with Crippen LogP contribution in [0.2, 0.25) is 0 Å². The van der Waals surface area contributed by atoms with Gasteiger partial charge in [0.25, 0.3) is 0 Å². The predicted octanol–water partition coefficient (Wildman–Crippen LogP) is 28.3. The molecule has 7 aromatic heterocycles. The molecule has 13 nitrogen and oxygen atoms in total. The van der Waals surface area contributed by atoms with Crippen LogP contribution in [0.5, 0.6) is 11.5 Å². The minimum atomic E-state index is 0. The quantitative estimate of drug-likeness (QED) is 0.0616. The molecule has 9 heterocycles. The summed E-state index contributed by atoms with van der Waals surface area (Å²) in [5, 5.41) is 11.3. The minimum Gasteiger partial charge on any atom is -0.618 e. The van der Waals surface area contributed by atoms with Crippen LogP contribution in [-0.2, 0) is 80.0 Å². The molecular weight excluding hydrogens is 2240 g/mol. The van der Waals surface area contributed by atoms with E-state index in [2.05, 4.69) is 287 Å². The fraction of sp³-hybridized carbons (Fsp3) is 0.0164. The number of benzene rings is 15. The Labute approximate surface area is 850 Å². The van der Waals surface area contributed by atoms with E-state index < -0.39 is 0 Å². The summed E-state index contributed by atoms with van der Waals surface area (Å²) in [6.45, 7) is 5.22. The van der Waals surface area contributed by atoms with Gasteiger partial charge in [0.15, 0.2) is 17.3 Å². The largest absolute Gasteiger partial charge is 3.00 e. The van der Waals surface area contributed by atoms with E-state index in [-0.39, 0.29) is 67.1 Å². The third kappa shape index (κ3) is 22.2. The number of pyridine rings is 3. The van der Waals surface area contributed by atoms with Crippen molar-refractivity contribution in [3.8, 4) is 130 Å². The first-order valence-electron chi connectivity index (χ1n) is 44.1. The summed E-state index contributed by atoms with van der Waals surface area (Å²) in [6, 6.07) is 153. The second-order valence-electron chi connectivity index (χ2n) is 31.4. The molecule has 0 amide bonds. The van der Waals surface area contributed by atoms with Crippen molar-refractivity contribution in [3.05, 3.63) is 521 Å². The smallest absolute Gasteiger partial charge is 0.618 e. The van der Waals surface area contributed by atoms with Crippen LogP contribution in [0.4, 0.5) is 34.4 Å². The Kier molecular flexibility index (Phi) is 31.7. The second-order valence-corrected chi connectivity index (χ2v) is 31.4. The molecule has 2 aliphatic heterocycles. The maximum atomic E-state index is 6.69. The molecule has 0 radical (unpaired) electrons. The number of fused-ring (bicyclic) bond motifs is 7. The summed E-state index contributed by atoms with van der Waals surface area (Å²) in [4.78, 5) is 37.2. The molecule has 0 aliphatic carbocycles. The van der Waals surface area contributed by atoms with Crippen LogP contribution in [0, 0.1) is 49.5 Å². The first kappa shape index (κ1) is 94.8. The van der Waals surface area contributed by atoms with Crippen molar-refractivity contribution in [2.75, 3.05) is 9.80 Å². The monoisotopic (exact) mass is 2320 g/mol. The molecule has 0 fully saturated rings. The maximum Gasteiger partial charge on any atom is 3.00 e. The summed E-state index contributed by atoms with van der Waals surface area (Å²) in [7, 11) is 0. The Balaban J connectivity index is 0.000000132. The third-order valence-corrected chi connectivity index (χ3v) is 22.8. The molecule has 0 bridgehead atoms. The van der Waals surface area contributed by atoms with E-state index in [0.717, 1.165) is 148 Å². The summed E-state index contributed by atoms with van der Waals surface area (Å²) >= 11 is 0. The topological polar surface area (TPSA) is 140 Å². The number of anilines is 6. The van der Waals surface area contributed by atoms with Crippen molar-refractivity contribution in [1.29, 1.82) is 0 Å². The minimum absolute atomic E-state index is 0. The van der Waals surface area contributed by atoms with Crippen molar-refractivity contribution >= 4 is 62.3 Å².